The molecule has 0 spiro atoms. The summed E-state index contributed by atoms with van der Waals surface area (Å²) in [6.45, 7) is 0.738. The number of esters is 1. The monoisotopic (exact) mass is 408 g/mol. The van der Waals surface area contributed by atoms with Crippen LogP contribution in [0.5, 0.6) is 5.75 Å². The third-order valence-corrected chi connectivity index (χ3v) is 6.35. The fourth-order valence-corrected chi connectivity index (χ4v) is 4.37. The van der Waals surface area contributed by atoms with Gasteiger partial charge in [0, 0.05) is 25.5 Å². The van der Waals surface area contributed by atoms with Gasteiger partial charge in [0.1, 0.15) is 29.7 Å². The van der Waals surface area contributed by atoms with Crippen LogP contribution in [0, 0.1) is 11.7 Å². The van der Waals surface area contributed by atoms with Crippen LogP contribution in [0.3, 0.4) is 0 Å². The molecule has 0 saturated carbocycles. The Bertz CT molecular complexity index is 882. The lowest BCUT2D eigenvalue weighted by Crippen LogP contribution is -2.40. The summed E-state index contributed by atoms with van der Waals surface area (Å²) in [5.74, 6) is -0.561. The van der Waals surface area contributed by atoms with Crippen LogP contribution in [0.4, 0.5) is 4.39 Å². The van der Waals surface area contributed by atoms with Gasteiger partial charge in [-0.15, -0.1) is 0 Å². The number of nitrogens with zero attached hydrogens (tertiary/aromatic N) is 2. The van der Waals surface area contributed by atoms with Gasteiger partial charge >= 0.3 is 5.97 Å². The SMILES string of the molecule is O=C(OCCOc1ccc(F)cc1)C1CCN(S(=O)(=O)c2cccnc2)CC1. The van der Waals surface area contributed by atoms with Crippen molar-refractivity contribution in [2.75, 3.05) is 26.3 Å². The van der Waals surface area contributed by atoms with E-state index in [0.29, 0.717) is 18.6 Å². The highest BCUT2D eigenvalue weighted by molar-refractivity contribution is 7.89. The normalized spacial score (nSPS) is 15.9. The molecule has 0 radical (unpaired) electrons. The van der Waals surface area contributed by atoms with E-state index in [-0.39, 0.29) is 48.9 Å². The quantitative estimate of drug-likeness (QED) is 0.516. The Morgan fingerprint density at radius 2 is 1.86 bits per heavy atom. The zero-order chi connectivity index (χ0) is 20.0. The third-order valence-electron chi connectivity index (χ3n) is 4.47. The summed E-state index contributed by atoms with van der Waals surface area (Å²) in [7, 11) is -3.59. The molecule has 0 unspecified atom stereocenters. The molecule has 28 heavy (non-hydrogen) atoms. The van der Waals surface area contributed by atoms with Gasteiger partial charge < -0.3 is 9.47 Å². The number of carbonyl (C=O) groups excluding carboxylic acids is 1. The smallest absolute Gasteiger partial charge is 0.309 e. The zero-order valence-corrected chi connectivity index (χ0v) is 16.0. The summed E-state index contributed by atoms with van der Waals surface area (Å²) in [4.78, 5) is 16.2. The lowest BCUT2D eigenvalue weighted by molar-refractivity contribution is -0.150. The molecule has 0 atom stereocenters. The zero-order valence-electron chi connectivity index (χ0n) is 15.2. The van der Waals surface area contributed by atoms with Gasteiger partial charge in [-0.05, 0) is 49.2 Å². The molecule has 0 amide bonds. The van der Waals surface area contributed by atoms with Crippen molar-refractivity contribution in [2.45, 2.75) is 17.7 Å². The van der Waals surface area contributed by atoms with E-state index >= 15 is 0 Å². The van der Waals surface area contributed by atoms with Crippen molar-refractivity contribution in [2.24, 2.45) is 5.92 Å². The van der Waals surface area contributed by atoms with Crippen LogP contribution in [0.1, 0.15) is 12.8 Å². The predicted molar refractivity (Wildman–Crippen MR) is 98.6 cm³/mol. The maximum Gasteiger partial charge on any atom is 0.309 e. The number of ether oxygens (including phenoxy) is 2. The Morgan fingerprint density at radius 1 is 1.14 bits per heavy atom. The second-order valence-electron chi connectivity index (χ2n) is 6.34. The molecule has 3 rings (SSSR count). The van der Waals surface area contributed by atoms with E-state index in [9.17, 15) is 17.6 Å². The van der Waals surface area contributed by atoms with Gasteiger partial charge in [0.15, 0.2) is 0 Å². The van der Waals surface area contributed by atoms with Gasteiger partial charge in [0.25, 0.3) is 0 Å². The number of hydrogen-bond acceptors (Lipinski definition) is 6. The summed E-state index contributed by atoms with van der Waals surface area (Å²) in [6, 6.07) is 8.64. The number of pyridine rings is 1. The number of aromatic nitrogens is 1. The first-order chi connectivity index (χ1) is 13.5. The minimum atomic E-state index is -3.59. The van der Waals surface area contributed by atoms with E-state index in [1.807, 2.05) is 0 Å². The van der Waals surface area contributed by atoms with Crippen LogP contribution in [0.25, 0.3) is 0 Å². The van der Waals surface area contributed by atoms with Crippen molar-refractivity contribution in [3.05, 3.63) is 54.6 Å². The van der Waals surface area contributed by atoms with E-state index in [0.717, 1.165) is 0 Å². The van der Waals surface area contributed by atoms with E-state index in [1.54, 1.807) is 6.07 Å². The van der Waals surface area contributed by atoms with Crippen molar-refractivity contribution >= 4 is 16.0 Å². The molecule has 0 aliphatic carbocycles. The minimum absolute atomic E-state index is 0.0738. The standard InChI is InChI=1S/C19H21FN2O5S/c20-16-3-5-17(6-4-16)26-12-13-27-19(23)15-7-10-22(11-8-15)28(24,25)18-2-1-9-21-14-18/h1-6,9,14-15H,7-8,10-13H2. The molecule has 150 valence electrons. The lowest BCUT2D eigenvalue weighted by Gasteiger charge is -2.30. The summed E-state index contributed by atoms with van der Waals surface area (Å²) >= 11 is 0. The molecular formula is C19H21FN2O5S. The number of piperidine rings is 1. The Kier molecular flexibility index (Phi) is 6.58. The number of hydrogen-bond donors (Lipinski definition) is 0. The summed E-state index contributed by atoms with van der Waals surface area (Å²) < 4.78 is 49.9. The highest BCUT2D eigenvalue weighted by Gasteiger charge is 2.32. The van der Waals surface area contributed by atoms with Crippen LogP contribution < -0.4 is 4.74 Å². The number of halogens is 1. The molecule has 0 N–H and O–H groups in total. The average molecular weight is 408 g/mol. The van der Waals surface area contributed by atoms with E-state index < -0.39 is 10.0 Å². The number of carbonyl (C=O) groups is 1. The Labute approximate surface area is 163 Å². The minimum Gasteiger partial charge on any atom is -0.490 e. The lowest BCUT2D eigenvalue weighted by atomic mass is 9.98. The average Bonchev–Trinajstić information content (AvgIpc) is 2.73. The maximum absolute atomic E-state index is 12.8. The molecule has 1 saturated heterocycles. The Morgan fingerprint density at radius 3 is 2.50 bits per heavy atom. The fourth-order valence-electron chi connectivity index (χ4n) is 2.93. The molecule has 1 aromatic heterocycles. The number of benzene rings is 1. The molecule has 1 aliphatic heterocycles. The van der Waals surface area contributed by atoms with Gasteiger partial charge in [-0.3, -0.25) is 9.78 Å². The molecule has 2 aromatic rings. The Hall–Kier alpha value is -2.52. The molecular weight excluding hydrogens is 387 g/mol. The largest absolute Gasteiger partial charge is 0.490 e. The van der Waals surface area contributed by atoms with Gasteiger partial charge in [0.05, 0.1) is 5.92 Å². The third kappa shape index (κ3) is 5.05. The molecule has 7 nitrogen and oxygen atoms in total. The van der Waals surface area contributed by atoms with Crippen LogP contribution in [-0.4, -0.2) is 50.0 Å². The van der Waals surface area contributed by atoms with Crippen molar-refractivity contribution in [1.82, 2.24) is 9.29 Å². The van der Waals surface area contributed by atoms with E-state index in [2.05, 4.69) is 4.98 Å². The molecule has 1 aliphatic rings. The summed E-state index contributed by atoms with van der Waals surface area (Å²) in [6.07, 6.45) is 3.63. The second-order valence-corrected chi connectivity index (χ2v) is 8.27. The van der Waals surface area contributed by atoms with Crippen molar-refractivity contribution < 1.29 is 27.1 Å². The van der Waals surface area contributed by atoms with Gasteiger partial charge in [-0.2, -0.15) is 4.31 Å². The van der Waals surface area contributed by atoms with Crippen LogP contribution in [-0.2, 0) is 19.6 Å². The van der Waals surface area contributed by atoms with E-state index in [1.165, 1.54) is 47.0 Å². The van der Waals surface area contributed by atoms with E-state index in [4.69, 9.17) is 9.47 Å². The highest BCUT2D eigenvalue weighted by atomic mass is 32.2. The topological polar surface area (TPSA) is 85.8 Å². The van der Waals surface area contributed by atoms with Crippen molar-refractivity contribution in [3.8, 4) is 5.75 Å². The first-order valence-electron chi connectivity index (χ1n) is 8.92. The number of rotatable bonds is 7. The number of sulfonamides is 1. The first-order valence-corrected chi connectivity index (χ1v) is 10.4. The van der Waals surface area contributed by atoms with Gasteiger partial charge in [-0.25, -0.2) is 12.8 Å². The summed E-state index contributed by atoms with van der Waals surface area (Å²) in [5.41, 5.74) is 0. The molecule has 9 heteroatoms. The predicted octanol–water partition coefficient (Wildman–Crippen LogP) is 2.24. The Balaban J connectivity index is 1.42. The fraction of sp³-hybridized carbons (Fsp3) is 0.368. The highest BCUT2D eigenvalue weighted by Crippen LogP contribution is 2.24. The van der Waals surface area contributed by atoms with Crippen molar-refractivity contribution in [3.63, 3.8) is 0 Å². The van der Waals surface area contributed by atoms with Crippen LogP contribution in [0.2, 0.25) is 0 Å². The molecule has 1 aromatic carbocycles. The van der Waals surface area contributed by atoms with Crippen LogP contribution in [0.15, 0.2) is 53.7 Å². The van der Waals surface area contributed by atoms with Crippen molar-refractivity contribution in [1.29, 1.82) is 0 Å². The maximum atomic E-state index is 12.8. The first kappa shape index (κ1) is 20.2. The second kappa shape index (κ2) is 9.11. The summed E-state index contributed by atoms with van der Waals surface area (Å²) in [5, 5.41) is 0. The molecule has 2 heterocycles. The van der Waals surface area contributed by atoms with Crippen LogP contribution >= 0.6 is 0 Å². The molecule has 1 fully saturated rings. The van der Waals surface area contributed by atoms with Gasteiger partial charge in [-0.1, -0.05) is 0 Å². The molecule has 0 bridgehead atoms. The van der Waals surface area contributed by atoms with Gasteiger partial charge in [0.2, 0.25) is 10.0 Å².